The van der Waals surface area contributed by atoms with E-state index in [1.807, 2.05) is 13.8 Å². The third-order valence-electron chi connectivity index (χ3n) is 4.20. The minimum absolute atomic E-state index is 0.0821. The van der Waals surface area contributed by atoms with E-state index in [-0.39, 0.29) is 18.1 Å². The van der Waals surface area contributed by atoms with Crippen molar-refractivity contribution >= 4 is 5.91 Å². The zero-order chi connectivity index (χ0) is 11.8. The lowest BCUT2D eigenvalue weighted by Crippen LogP contribution is -2.50. The summed E-state index contributed by atoms with van der Waals surface area (Å²) in [7, 11) is 0. The van der Waals surface area contributed by atoms with Crippen molar-refractivity contribution in [1.29, 1.82) is 0 Å². The maximum Gasteiger partial charge on any atom is 0.227 e. The van der Waals surface area contributed by atoms with Crippen LogP contribution in [-0.4, -0.2) is 30.7 Å². The third kappa shape index (κ3) is 1.96. The van der Waals surface area contributed by atoms with E-state index < -0.39 is 5.41 Å². The summed E-state index contributed by atoms with van der Waals surface area (Å²) >= 11 is 0. The zero-order valence-electron chi connectivity index (χ0n) is 10.2. The van der Waals surface area contributed by atoms with E-state index in [9.17, 15) is 4.79 Å². The Morgan fingerprint density at radius 3 is 2.75 bits per heavy atom. The highest BCUT2D eigenvalue weighted by Gasteiger charge is 2.43. The summed E-state index contributed by atoms with van der Waals surface area (Å²) in [5, 5.41) is 3.11. The fraction of sp³-hybridized carbons (Fsp3) is 0.917. The Bertz CT molecular complexity index is 276. The number of hydrogen-bond acceptors (Lipinski definition) is 3. The van der Waals surface area contributed by atoms with E-state index in [4.69, 9.17) is 10.5 Å². The largest absolute Gasteiger partial charge is 0.373 e. The minimum Gasteiger partial charge on any atom is -0.373 e. The molecule has 3 N–H and O–H groups in total. The maximum atomic E-state index is 12.1. The quantitative estimate of drug-likeness (QED) is 0.745. The van der Waals surface area contributed by atoms with Gasteiger partial charge in [-0.2, -0.15) is 0 Å². The summed E-state index contributed by atoms with van der Waals surface area (Å²) in [6.07, 6.45) is 4.60. The molecule has 4 nitrogen and oxygen atoms in total. The van der Waals surface area contributed by atoms with E-state index in [0.717, 1.165) is 25.7 Å². The number of ether oxygens (including phenoxy) is 1. The van der Waals surface area contributed by atoms with Gasteiger partial charge in [-0.05, 0) is 32.6 Å². The fourth-order valence-corrected chi connectivity index (χ4v) is 2.53. The van der Waals surface area contributed by atoms with Crippen LogP contribution in [0, 0.1) is 5.41 Å². The van der Waals surface area contributed by atoms with Gasteiger partial charge in [0.25, 0.3) is 0 Å². The first-order chi connectivity index (χ1) is 7.59. The van der Waals surface area contributed by atoms with Crippen LogP contribution in [0.15, 0.2) is 0 Å². The van der Waals surface area contributed by atoms with Gasteiger partial charge < -0.3 is 15.8 Å². The van der Waals surface area contributed by atoms with Crippen molar-refractivity contribution < 1.29 is 9.53 Å². The molecule has 2 saturated heterocycles. The lowest BCUT2D eigenvalue weighted by molar-refractivity contribution is -0.131. The standard InChI is InChI=1S/C12H22N2O2/c1-3-12(2,7-13)11(15)14-9-6-8-4-5-10(9)16-8/h8-10H,3-7,13H2,1-2H3,(H,14,15). The molecule has 0 aliphatic carbocycles. The number of hydrogen-bond donors (Lipinski definition) is 2. The molecule has 92 valence electrons. The molecule has 0 aromatic rings. The summed E-state index contributed by atoms with van der Waals surface area (Å²) in [6, 6.07) is 0.212. The second-order valence-electron chi connectivity index (χ2n) is 5.31. The van der Waals surface area contributed by atoms with Crippen molar-refractivity contribution in [2.75, 3.05) is 6.54 Å². The Hall–Kier alpha value is -0.610. The number of carbonyl (C=O) groups is 1. The van der Waals surface area contributed by atoms with Crippen molar-refractivity contribution in [2.45, 2.75) is 57.8 Å². The topological polar surface area (TPSA) is 64.4 Å². The van der Waals surface area contributed by atoms with Gasteiger partial charge in [-0.3, -0.25) is 4.79 Å². The number of nitrogens with two attached hydrogens (primary N) is 1. The van der Waals surface area contributed by atoms with Crippen LogP contribution >= 0.6 is 0 Å². The minimum atomic E-state index is -0.429. The summed E-state index contributed by atoms with van der Waals surface area (Å²) in [4.78, 5) is 12.1. The maximum absolute atomic E-state index is 12.1. The van der Waals surface area contributed by atoms with E-state index in [2.05, 4.69) is 5.32 Å². The van der Waals surface area contributed by atoms with Crippen LogP contribution < -0.4 is 11.1 Å². The van der Waals surface area contributed by atoms with Gasteiger partial charge in [0, 0.05) is 6.54 Å². The van der Waals surface area contributed by atoms with Crippen LogP contribution in [-0.2, 0) is 9.53 Å². The molecular weight excluding hydrogens is 204 g/mol. The molecule has 0 saturated carbocycles. The van der Waals surface area contributed by atoms with E-state index in [1.54, 1.807) is 0 Å². The Kier molecular flexibility index (Phi) is 3.22. The van der Waals surface area contributed by atoms with Gasteiger partial charge in [0.1, 0.15) is 0 Å². The summed E-state index contributed by atoms with van der Waals surface area (Å²) in [5.41, 5.74) is 5.25. The second-order valence-corrected chi connectivity index (χ2v) is 5.31. The summed E-state index contributed by atoms with van der Waals surface area (Å²) in [6.45, 7) is 4.33. The summed E-state index contributed by atoms with van der Waals surface area (Å²) < 4.78 is 5.72. The Balaban J connectivity index is 1.92. The molecule has 0 aromatic carbocycles. The number of fused-ring (bicyclic) bond motifs is 2. The molecule has 2 fully saturated rings. The van der Waals surface area contributed by atoms with Crippen LogP contribution in [0.5, 0.6) is 0 Å². The number of rotatable bonds is 4. The number of nitrogens with one attached hydrogen (secondary N) is 1. The molecule has 16 heavy (non-hydrogen) atoms. The van der Waals surface area contributed by atoms with Crippen molar-refractivity contribution in [1.82, 2.24) is 5.32 Å². The summed E-state index contributed by atoms with van der Waals surface area (Å²) in [5.74, 6) is 0.0821. The Labute approximate surface area is 96.9 Å². The van der Waals surface area contributed by atoms with E-state index >= 15 is 0 Å². The van der Waals surface area contributed by atoms with Gasteiger partial charge in [-0.25, -0.2) is 0 Å². The van der Waals surface area contributed by atoms with Crippen LogP contribution in [0.2, 0.25) is 0 Å². The molecule has 4 heteroatoms. The van der Waals surface area contributed by atoms with Crippen molar-refractivity contribution in [3.8, 4) is 0 Å². The lowest BCUT2D eigenvalue weighted by Gasteiger charge is -2.29. The zero-order valence-corrected chi connectivity index (χ0v) is 10.2. The van der Waals surface area contributed by atoms with Crippen molar-refractivity contribution in [3.63, 3.8) is 0 Å². The first kappa shape index (κ1) is 11.9. The van der Waals surface area contributed by atoms with Gasteiger partial charge in [0.2, 0.25) is 5.91 Å². The molecule has 2 heterocycles. The second kappa shape index (κ2) is 4.34. The Morgan fingerprint density at radius 1 is 1.56 bits per heavy atom. The predicted molar refractivity (Wildman–Crippen MR) is 61.9 cm³/mol. The van der Waals surface area contributed by atoms with Crippen molar-refractivity contribution in [3.05, 3.63) is 0 Å². The van der Waals surface area contributed by atoms with E-state index in [1.165, 1.54) is 0 Å². The predicted octanol–water partition coefficient (Wildman–Crippen LogP) is 0.797. The van der Waals surface area contributed by atoms with Crippen LogP contribution in [0.4, 0.5) is 0 Å². The fourth-order valence-electron chi connectivity index (χ4n) is 2.53. The van der Waals surface area contributed by atoms with Gasteiger partial charge in [0.05, 0.1) is 23.7 Å². The normalized spacial score (nSPS) is 36.1. The molecular formula is C12H22N2O2. The number of amides is 1. The molecule has 4 unspecified atom stereocenters. The van der Waals surface area contributed by atoms with Gasteiger partial charge in [0.15, 0.2) is 0 Å². The molecule has 0 aromatic heterocycles. The first-order valence-electron chi connectivity index (χ1n) is 6.25. The molecule has 4 atom stereocenters. The highest BCUT2D eigenvalue weighted by molar-refractivity contribution is 5.82. The first-order valence-corrected chi connectivity index (χ1v) is 6.25. The monoisotopic (exact) mass is 226 g/mol. The Morgan fingerprint density at radius 2 is 2.31 bits per heavy atom. The average Bonchev–Trinajstić information content (AvgIpc) is 2.89. The lowest BCUT2D eigenvalue weighted by atomic mass is 9.85. The highest BCUT2D eigenvalue weighted by Crippen LogP contribution is 2.35. The van der Waals surface area contributed by atoms with E-state index in [0.29, 0.717) is 12.6 Å². The molecule has 0 radical (unpaired) electrons. The molecule has 2 aliphatic heterocycles. The molecule has 2 aliphatic rings. The molecule has 2 bridgehead atoms. The smallest absolute Gasteiger partial charge is 0.227 e. The third-order valence-corrected chi connectivity index (χ3v) is 4.20. The molecule has 0 spiro atoms. The van der Waals surface area contributed by atoms with Crippen LogP contribution in [0.3, 0.4) is 0 Å². The van der Waals surface area contributed by atoms with Crippen LogP contribution in [0.1, 0.15) is 39.5 Å². The van der Waals surface area contributed by atoms with Gasteiger partial charge >= 0.3 is 0 Å². The van der Waals surface area contributed by atoms with Crippen LogP contribution in [0.25, 0.3) is 0 Å². The van der Waals surface area contributed by atoms with Gasteiger partial charge in [-0.1, -0.05) is 6.92 Å². The molecule has 1 amide bonds. The SMILES string of the molecule is CCC(C)(CN)C(=O)NC1CC2CCC1O2. The number of carbonyl (C=O) groups excluding carboxylic acids is 1. The van der Waals surface area contributed by atoms with Gasteiger partial charge in [-0.15, -0.1) is 0 Å². The van der Waals surface area contributed by atoms with Crippen molar-refractivity contribution in [2.24, 2.45) is 11.1 Å². The highest BCUT2D eigenvalue weighted by atomic mass is 16.5. The molecule has 2 rings (SSSR count). The average molecular weight is 226 g/mol.